The Balaban J connectivity index is 1.71. The lowest BCUT2D eigenvalue weighted by molar-refractivity contribution is -0.135. The Hall–Kier alpha value is -0.750. The smallest absolute Gasteiger partial charge is 0.224 e. The van der Waals surface area contributed by atoms with Crippen molar-refractivity contribution in [2.45, 2.75) is 25.8 Å². The molecule has 18 heavy (non-hydrogen) atoms. The van der Waals surface area contributed by atoms with Crippen LogP contribution in [0.2, 0.25) is 0 Å². The number of morpholine rings is 1. The Morgan fingerprint density at radius 3 is 2.83 bits per heavy atom. The first-order valence-electron chi connectivity index (χ1n) is 6.38. The number of amidine groups is 1. The highest BCUT2D eigenvalue weighted by Crippen LogP contribution is 2.21. The molecule has 2 saturated heterocycles. The molecule has 0 aliphatic carbocycles. The molecule has 0 aromatic rings. The number of hydrogen-bond donors (Lipinski definition) is 1. The second-order valence-corrected chi connectivity index (χ2v) is 6.19. The largest absolute Gasteiger partial charge is 0.378 e. The quantitative estimate of drug-likeness (QED) is 0.821. The van der Waals surface area contributed by atoms with E-state index in [1.54, 1.807) is 11.8 Å². The second-order valence-electron chi connectivity index (χ2n) is 5.23. The van der Waals surface area contributed by atoms with Gasteiger partial charge in [-0.05, 0) is 13.8 Å². The van der Waals surface area contributed by atoms with Gasteiger partial charge in [0, 0.05) is 30.8 Å². The van der Waals surface area contributed by atoms with Crippen LogP contribution in [0.4, 0.5) is 0 Å². The van der Waals surface area contributed by atoms with E-state index >= 15 is 0 Å². The molecule has 0 atom stereocenters. The SMILES string of the molecule is CC1(C)CSC(=NCCC(=O)N2CCOCC2)N1. The average molecular weight is 271 g/mol. The van der Waals surface area contributed by atoms with Gasteiger partial charge < -0.3 is 15.0 Å². The van der Waals surface area contributed by atoms with E-state index in [4.69, 9.17) is 4.74 Å². The predicted molar refractivity (Wildman–Crippen MR) is 74.0 cm³/mol. The normalized spacial score (nSPS) is 25.2. The summed E-state index contributed by atoms with van der Waals surface area (Å²) >= 11 is 1.73. The molecule has 0 bridgehead atoms. The summed E-state index contributed by atoms with van der Waals surface area (Å²) < 4.78 is 5.22. The molecule has 1 amide bonds. The third kappa shape index (κ3) is 3.88. The summed E-state index contributed by atoms with van der Waals surface area (Å²) in [6.07, 6.45) is 0.492. The van der Waals surface area contributed by atoms with E-state index in [1.165, 1.54) is 0 Å². The zero-order chi connectivity index (χ0) is 13.0. The number of ether oxygens (including phenoxy) is 1. The van der Waals surface area contributed by atoms with Crippen LogP contribution in [0.1, 0.15) is 20.3 Å². The summed E-state index contributed by atoms with van der Waals surface area (Å²) in [5.41, 5.74) is 0.123. The molecule has 1 N–H and O–H groups in total. The van der Waals surface area contributed by atoms with Crippen molar-refractivity contribution < 1.29 is 9.53 Å². The van der Waals surface area contributed by atoms with Crippen LogP contribution < -0.4 is 5.32 Å². The van der Waals surface area contributed by atoms with Crippen molar-refractivity contribution in [1.82, 2.24) is 10.2 Å². The molecular weight excluding hydrogens is 250 g/mol. The molecule has 102 valence electrons. The van der Waals surface area contributed by atoms with Crippen LogP contribution in [0.25, 0.3) is 0 Å². The van der Waals surface area contributed by atoms with Crippen LogP contribution >= 0.6 is 11.8 Å². The number of thioether (sulfide) groups is 1. The third-order valence-corrected chi connectivity index (χ3v) is 4.33. The Morgan fingerprint density at radius 1 is 1.50 bits per heavy atom. The molecule has 2 aliphatic rings. The number of amides is 1. The summed E-state index contributed by atoms with van der Waals surface area (Å²) in [6, 6.07) is 0. The van der Waals surface area contributed by atoms with Gasteiger partial charge in [-0.15, -0.1) is 0 Å². The number of rotatable bonds is 3. The lowest BCUT2D eigenvalue weighted by Gasteiger charge is -2.26. The molecule has 6 heteroatoms. The van der Waals surface area contributed by atoms with Gasteiger partial charge in [0.05, 0.1) is 19.8 Å². The zero-order valence-electron chi connectivity index (χ0n) is 11.1. The van der Waals surface area contributed by atoms with Crippen LogP contribution in [0.3, 0.4) is 0 Å². The van der Waals surface area contributed by atoms with Crippen LogP contribution in [-0.2, 0) is 9.53 Å². The highest BCUT2D eigenvalue weighted by atomic mass is 32.2. The van der Waals surface area contributed by atoms with Crippen LogP contribution in [0, 0.1) is 0 Å². The number of hydrogen-bond acceptors (Lipinski definition) is 4. The first-order valence-corrected chi connectivity index (χ1v) is 7.36. The number of nitrogens with zero attached hydrogens (tertiary/aromatic N) is 2. The van der Waals surface area contributed by atoms with Gasteiger partial charge in [-0.3, -0.25) is 9.79 Å². The monoisotopic (exact) mass is 271 g/mol. The summed E-state index contributed by atoms with van der Waals surface area (Å²) in [5.74, 6) is 1.22. The van der Waals surface area contributed by atoms with Gasteiger partial charge in [0.15, 0.2) is 5.17 Å². The van der Waals surface area contributed by atoms with Gasteiger partial charge in [0.25, 0.3) is 0 Å². The fourth-order valence-electron chi connectivity index (χ4n) is 1.92. The fraction of sp³-hybridized carbons (Fsp3) is 0.833. The van der Waals surface area contributed by atoms with Crippen LogP contribution in [-0.4, -0.2) is 60.1 Å². The lowest BCUT2D eigenvalue weighted by Crippen LogP contribution is -2.41. The van der Waals surface area contributed by atoms with E-state index in [-0.39, 0.29) is 11.4 Å². The van der Waals surface area contributed by atoms with Crippen molar-refractivity contribution in [1.29, 1.82) is 0 Å². The number of carbonyl (C=O) groups excluding carboxylic acids is 1. The van der Waals surface area contributed by atoms with Crippen molar-refractivity contribution in [2.24, 2.45) is 4.99 Å². The summed E-state index contributed by atoms with van der Waals surface area (Å²) in [5, 5.41) is 4.32. The lowest BCUT2D eigenvalue weighted by atomic mass is 10.1. The summed E-state index contributed by atoms with van der Waals surface area (Å²) in [6.45, 7) is 7.63. The zero-order valence-corrected chi connectivity index (χ0v) is 11.9. The molecule has 0 aromatic carbocycles. The molecule has 0 radical (unpaired) electrons. The van der Waals surface area contributed by atoms with E-state index in [2.05, 4.69) is 24.2 Å². The number of aliphatic imine (C=N–C) groups is 1. The molecular formula is C12H21N3O2S. The second kappa shape index (κ2) is 5.93. The molecule has 2 aliphatic heterocycles. The van der Waals surface area contributed by atoms with Crippen molar-refractivity contribution >= 4 is 22.8 Å². The average Bonchev–Trinajstić information content (AvgIpc) is 2.70. The van der Waals surface area contributed by atoms with E-state index in [0.29, 0.717) is 26.2 Å². The van der Waals surface area contributed by atoms with E-state index in [1.807, 2.05) is 4.90 Å². The highest BCUT2D eigenvalue weighted by molar-refractivity contribution is 8.14. The fourth-order valence-corrected chi connectivity index (χ4v) is 3.02. The Kier molecular flexibility index (Phi) is 4.50. The molecule has 2 fully saturated rings. The number of carbonyl (C=O) groups is 1. The van der Waals surface area contributed by atoms with E-state index in [9.17, 15) is 4.79 Å². The van der Waals surface area contributed by atoms with Gasteiger partial charge >= 0.3 is 0 Å². The van der Waals surface area contributed by atoms with Gasteiger partial charge in [-0.1, -0.05) is 11.8 Å². The summed E-state index contributed by atoms with van der Waals surface area (Å²) in [7, 11) is 0. The highest BCUT2D eigenvalue weighted by Gasteiger charge is 2.27. The Bertz CT molecular complexity index is 338. The van der Waals surface area contributed by atoms with Crippen molar-refractivity contribution in [2.75, 3.05) is 38.6 Å². The molecule has 5 nitrogen and oxygen atoms in total. The van der Waals surface area contributed by atoms with Gasteiger partial charge in [-0.2, -0.15) is 0 Å². The topological polar surface area (TPSA) is 53.9 Å². The molecule has 2 heterocycles. The standard InChI is InChI=1S/C12H21N3O2S/c1-12(2)9-18-11(14-12)13-4-3-10(16)15-5-7-17-8-6-15/h3-9H2,1-2H3,(H,13,14). The first-order chi connectivity index (χ1) is 8.57. The molecule has 2 rings (SSSR count). The van der Waals surface area contributed by atoms with Gasteiger partial charge in [0.2, 0.25) is 5.91 Å². The molecule has 0 aromatic heterocycles. The Labute approximate surface area is 112 Å². The minimum absolute atomic E-state index is 0.123. The van der Waals surface area contributed by atoms with E-state index in [0.717, 1.165) is 24.0 Å². The van der Waals surface area contributed by atoms with Crippen molar-refractivity contribution in [3.8, 4) is 0 Å². The van der Waals surface area contributed by atoms with E-state index < -0.39 is 0 Å². The predicted octanol–water partition coefficient (Wildman–Crippen LogP) is 0.706. The first kappa shape index (κ1) is 13.7. The van der Waals surface area contributed by atoms with Crippen LogP contribution in [0.5, 0.6) is 0 Å². The molecule has 0 saturated carbocycles. The Morgan fingerprint density at radius 2 is 2.22 bits per heavy atom. The van der Waals surface area contributed by atoms with Crippen molar-refractivity contribution in [3.05, 3.63) is 0 Å². The molecule has 0 spiro atoms. The maximum absolute atomic E-state index is 11.9. The minimum atomic E-state index is 0.123. The third-order valence-electron chi connectivity index (χ3n) is 2.96. The maximum Gasteiger partial charge on any atom is 0.224 e. The van der Waals surface area contributed by atoms with Gasteiger partial charge in [0.1, 0.15) is 0 Å². The number of nitrogens with one attached hydrogen (secondary N) is 1. The summed E-state index contributed by atoms with van der Waals surface area (Å²) in [4.78, 5) is 18.2. The minimum Gasteiger partial charge on any atom is -0.378 e. The van der Waals surface area contributed by atoms with Gasteiger partial charge in [-0.25, -0.2) is 0 Å². The maximum atomic E-state index is 11.9. The van der Waals surface area contributed by atoms with Crippen molar-refractivity contribution in [3.63, 3.8) is 0 Å². The molecule has 0 unspecified atom stereocenters. The van der Waals surface area contributed by atoms with Crippen LogP contribution in [0.15, 0.2) is 4.99 Å².